The molecule has 0 saturated carbocycles. The summed E-state index contributed by atoms with van der Waals surface area (Å²) in [5, 5.41) is 4.16. The Labute approximate surface area is 142 Å². The maximum absolute atomic E-state index is 13.5. The first-order valence-corrected chi connectivity index (χ1v) is 8.43. The normalized spacial score (nSPS) is 18.7. The fourth-order valence-corrected chi connectivity index (χ4v) is 3.56. The first kappa shape index (κ1) is 15.9. The van der Waals surface area contributed by atoms with Gasteiger partial charge in [0.25, 0.3) is 0 Å². The number of hydrogen-bond donors (Lipinski definition) is 1. The maximum atomic E-state index is 13.5. The Balaban J connectivity index is 1.71. The molecule has 0 bridgehead atoms. The number of likely N-dealkylation sites (tertiary alicyclic amines) is 1. The van der Waals surface area contributed by atoms with E-state index in [0.29, 0.717) is 0 Å². The molecule has 3 rings (SSSR count). The summed E-state index contributed by atoms with van der Waals surface area (Å²) in [5.41, 5.74) is 2.20. The molecule has 0 aliphatic carbocycles. The molecule has 1 fully saturated rings. The number of rotatable bonds is 3. The fourth-order valence-electron chi connectivity index (χ4n) is 3.16. The van der Waals surface area contributed by atoms with Gasteiger partial charge < -0.3 is 10.2 Å². The number of hydrogen-bond acceptors (Lipinski definition) is 1. The minimum atomic E-state index is -0.189. The topological polar surface area (TPSA) is 15.3 Å². The second-order valence-corrected chi connectivity index (χ2v) is 6.37. The molecular formula is C19H21FN2S. The molecule has 1 N–H and O–H groups in total. The van der Waals surface area contributed by atoms with Gasteiger partial charge in [-0.15, -0.1) is 0 Å². The van der Waals surface area contributed by atoms with E-state index in [1.165, 1.54) is 11.6 Å². The van der Waals surface area contributed by atoms with E-state index in [1.54, 1.807) is 12.1 Å². The lowest BCUT2D eigenvalue weighted by atomic mass is 10.0. The monoisotopic (exact) mass is 328 g/mol. The Morgan fingerprint density at radius 1 is 1.22 bits per heavy atom. The molecule has 0 radical (unpaired) electrons. The molecule has 2 aromatic rings. The van der Waals surface area contributed by atoms with Crippen LogP contribution in [-0.2, 0) is 0 Å². The van der Waals surface area contributed by atoms with Gasteiger partial charge in [-0.25, -0.2) is 4.39 Å². The summed E-state index contributed by atoms with van der Waals surface area (Å²) in [6, 6.07) is 17.4. The van der Waals surface area contributed by atoms with E-state index in [2.05, 4.69) is 29.3 Å². The minimum Gasteiger partial charge on any atom is -0.356 e. The summed E-state index contributed by atoms with van der Waals surface area (Å²) in [4.78, 5) is 2.18. The van der Waals surface area contributed by atoms with Crippen LogP contribution in [0.25, 0.3) is 0 Å². The van der Waals surface area contributed by atoms with Crippen molar-refractivity contribution >= 4 is 17.3 Å². The van der Waals surface area contributed by atoms with Crippen molar-refractivity contribution in [2.75, 3.05) is 6.54 Å². The molecule has 23 heavy (non-hydrogen) atoms. The number of nitrogens with zero attached hydrogens (tertiary/aromatic N) is 1. The summed E-state index contributed by atoms with van der Waals surface area (Å²) in [6.45, 7) is 3.02. The zero-order valence-corrected chi connectivity index (χ0v) is 14.0. The van der Waals surface area contributed by atoms with Gasteiger partial charge in [0.2, 0.25) is 0 Å². The van der Waals surface area contributed by atoms with Crippen molar-refractivity contribution < 1.29 is 4.39 Å². The first-order chi connectivity index (χ1) is 11.1. The van der Waals surface area contributed by atoms with E-state index in [4.69, 9.17) is 12.2 Å². The smallest absolute Gasteiger partial charge is 0.169 e. The van der Waals surface area contributed by atoms with Crippen LogP contribution >= 0.6 is 12.2 Å². The Bertz CT molecular complexity index is 674. The molecule has 0 amide bonds. The van der Waals surface area contributed by atoms with Gasteiger partial charge in [0.15, 0.2) is 5.11 Å². The average molecular weight is 328 g/mol. The predicted octanol–water partition coefficient (Wildman–Crippen LogP) is 4.60. The molecule has 2 nitrogen and oxygen atoms in total. The highest BCUT2D eigenvalue weighted by Gasteiger charge is 2.28. The third-order valence-electron chi connectivity index (χ3n) is 4.39. The van der Waals surface area contributed by atoms with Crippen molar-refractivity contribution in [2.24, 2.45) is 0 Å². The lowest BCUT2D eigenvalue weighted by Crippen LogP contribution is -2.40. The largest absolute Gasteiger partial charge is 0.356 e. The quantitative estimate of drug-likeness (QED) is 0.829. The standard InChI is InChI=1S/C19H21FN2S/c1-14(15-7-3-2-4-8-15)21-19(23)22-12-6-11-18(22)16-9-5-10-17(20)13-16/h2-5,7-10,13-14,18H,6,11-12H2,1H3,(H,21,23)/t14-,18-/m0/s1. The van der Waals surface area contributed by atoms with E-state index >= 15 is 0 Å². The van der Waals surface area contributed by atoms with E-state index in [0.717, 1.165) is 30.1 Å². The third-order valence-corrected chi connectivity index (χ3v) is 4.74. The van der Waals surface area contributed by atoms with Crippen molar-refractivity contribution in [1.29, 1.82) is 0 Å². The van der Waals surface area contributed by atoms with Crippen molar-refractivity contribution in [1.82, 2.24) is 10.2 Å². The van der Waals surface area contributed by atoms with Crippen LogP contribution in [0.2, 0.25) is 0 Å². The maximum Gasteiger partial charge on any atom is 0.169 e. The Morgan fingerprint density at radius 2 is 2.00 bits per heavy atom. The highest BCUT2D eigenvalue weighted by atomic mass is 32.1. The summed E-state index contributed by atoms with van der Waals surface area (Å²) in [6.07, 6.45) is 2.08. The van der Waals surface area contributed by atoms with Crippen LogP contribution in [0, 0.1) is 5.82 Å². The Morgan fingerprint density at radius 3 is 2.74 bits per heavy atom. The van der Waals surface area contributed by atoms with Gasteiger partial charge >= 0.3 is 0 Å². The van der Waals surface area contributed by atoms with E-state index < -0.39 is 0 Å². The second kappa shape index (κ2) is 7.09. The van der Waals surface area contributed by atoms with Gasteiger partial charge in [0.05, 0.1) is 12.1 Å². The molecule has 0 spiro atoms. The number of benzene rings is 2. The van der Waals surface area contributed by atoms with Crippen LogP contribution in [0.4, 0.5) is 4.39 Å². The van der Waals surface area contributed by atoms with Crippen LogP contribution in [0.3, 0.4) is 0 Å². The molecule has 2 aromatic carbocycles. The molecule has 1 aliphatic heterocycles. The predicted molar refractivity (Wildman–Crippen MR) is 95.7 cm³/mol. The van der Waals surface area contributed by atoms with Gasteiger partial charge in [-0.3, -0.25) is 0 Å². The highest BCUT2D eigenvalue weighted by molar-refractivity contribution is 7.80. The molecule has 0 aromatic heterocycles. The minimum absolute atomic E-state index is 0.150. The van der Waals surface area contributed by atoms with E-state index in [9.17, 15) is 4.39 Å². The van der Waals surface area contributed by atoms with Gasteiger partial charge in [0, 0.05) is 6.54 Å². The first-order valence-electron chi connectivity index (χ1n) is 8.02. The number of nitrogens with one attached hydrogen (secondary N) is 1. The van der Waals surface area contributed by atoms with Crippen molar-refractivity contribution in [3.05, 3.63) is 71.5 Å². The van der Waals surface area contributed by atoms with Crippen LogP contribution in [0.5, 0.6) is 0 Å². The lowest BCUT2D eigenvalue weighted by Gasteiger charge is -2.30. The molecule has 1 heterocycles. The summed E-state index contributed by atoms with van der Waals surface area (Å²) in [7, 11) is 0. The molecule has 1 saturated heterocycles. The van der Waals surface area contributed by atoms with Gasteiger partial charge in [-0.1, -0.05) is 42.5 Å². The van der Waals surface area contributed by atoms with Crippen LogP contribution < -0.4 is 5.32 Å². The summed E-state index contributed by atoms with van der Waals surface area (Å²) in [5.74, 6) is -0.189. The molecule has 1 aliphatic rings. The van der Waals surface area contributed by atoms with Crippen molar-refractivity contribution in [3.63, 3.8) is 0 Å². The molecular weight excluding hydrogens is 307 g/mol. The van der Waals surface area contributed by atoms with E-state index in [1.807, 2.05) is 24.3 Å². The summed E-state index contributed by atoms with van der Waals surface area (Å²) >= 11 is 5.62. The fraction of sp³-hybridized carbons (Fsp3) is 0.316. The second-order valence-electron chi connectivity index (χ2n) is 5.99. The number of halogens is 1. The summed E-state index contributed by atoms with van der Waals surface area (Å²) < 4.78 is 13.5. The molecule has 120 valence electrons. The van der Waals surface area contributed by atoms with Crippen LogP contribution in [-0.4, -0.2) is 16.6 Å². The molecule has 0 unspecified atom stereocenters. The van der Waals surface area contributed by atoms with Crippen molar-refractivity contribution in [2.45, 2.75) is 31.8 Å². The Hall–Kier alpha value is -1.94. The molecule has 4 heteroatoms. The zero-order chi connectivity index (χ0) is 16.2. The lowest BCUT2D eigenvalue weighted by molar-refractivity contribution is 0.387. The van der Waals surface area contributed by atoms with Gasteiger partial charge in [-0.05, 0) is 55.2 Å². The SMILES string of the molecule is C[C@H](NC(=S)N1CCC[C@H]1c1cccc(F)c1)c1ccccc1. The zero-order valence-electron chi connectivity index (χ0n) is 13.2. The van der Waals surface area contributed by atoms with E-state index in [-0.39, 0.29) is 17.9 Å². The highest BCUT2D eigenvalue weighted by Crippen LogP contribution is 2.32. The van der Waals surface area contributed by atoms with Gasteiger partial charge in [0.1, 0.15) is 5.82 Å². The van der Waals surface area contributed by atoms with Crippen LogP contribution in [0.15, 0.2) is 54.6 Å². The third kappa shape index (κ3) is 3.70. The molecule has 2 atom stereocenters. The van der Waals surface area contributed by atoms with Crippen molar-refractivity contribution in [3.8, 4) is 0 Å². The average Bonchev–Trinajstić information content (AvgIpc) is 3.05. The van der Waals surface area contributed by atoms with Crippen LogP contribution in [0.1, 0.15) is 43.0 Å². The number of thiocarbonyl (C=S) groups is 1. The Kier molecular flexibility index (Phi) is 4.91. The van der Waals surface area contributed by atoms with Gasteiger partial charge in [-0.2, -0.15) is 0 Å².